The van der Waals surface area contributed by atoms with E-state index in [-0.39, 0.29) is 24.9 Å². The van der Waals surface area contributed by atoms with Gasteiger partial charge in [-0.1, -0.05) is 44.2 Å². The van der Waals surface area contributed by atoms with Crippen LogP contribution in [0.15, 0.2) is 30.3 Å². The zero-order valence-corrected chi connectivity index (χ0v) is 14.8. The number of esters is 1. The van der Waals surface area contributed by atoms with Crippen LogP contribution in [0.1, 0.15) is 25.5 Å². The largest absolute Gasteiger partial charge is 0.467 e. The second-order valence-corrected chi connectivity index (χ2v) is 5.42. The highest BCUT2D eigenvalue weighted by Gasteiger charge is 2.24. The highest BCUT2D eigenvalue weighted by atomic mass is 35.5. The van der Waals surface area contributed by atoms with Crippen LogP contribution >= 0.6 is 12.4 Å². The van der Waals surface area contributed by atoms with Gasteiger partial charge in [-0.3, -0.25) is 9.59 Å². The standard InChI is InChI=1S/C16H23N3O4.ClH/c1-10(2)13(17)15(21)18-9-12(20)19-14(16(22)23-3)11-7-5-4-6-8-11;/h4-8,10,13-14H,9,17H2,1-3H3,(H,18,21)(H,19,20);1H/t13-,14?;/m0./s1. The van der Waals surface area contributed by atoms with Crippen LogP contribution in [-0.2, 0) is 19.1 Å². The van der Waals surface area contributed by atoms with E-state index in [1.807, 2.05) is 13.8 Å². The van der Waals surface area contributed by atoms with Crippen LogP contribution in [0.3, 0.4) is 0 Å². The van der Waals surface area contributed by atoms with Crippen molar-refractivity contribution >= 4 is 30.2 Å². The number of hydrogen-bond acceptors (Lipinski definition) is 5. The summed E-state index contributed by atoms with van der Waals surface area (Å²) in [5, 5.41) is 4.99. The number of carbonyl (C=O) groups is 3. The Morgan fingerprint density at radius 1 is 1.17 bits per heavy atom. The Bertz CT molecular complexity index is 552. The van der Waals surface area contributed by atoms with Crippen LogP contribution in [0.4, 0.5) is 0 Å². The molecule has 0 fully saturated rings. The molecule has 0 heterocycles. The minimum absolute atomic E-state index is 0. The number of carbonyl (C=O) groups excluding carboxylic acids is 3. The predicted molar refractivity (Wildman–Crippen MR) is 92.4 cm³/mol. The van der Waals surface area contributed by atoms with Gasteiger partial charge < -0.3 is 21.1 Å². The third-order valence-corrected chi connectivity index (χ3v) is 3.32. The topological polar surface area (TPSA) is 111 Å². The summed E-state index contributed by atoms with van der Waals surface area (Å²) in [5.41, 5.74) is 6.29. The van der Waals surface area contributed by atoms with Gasteiger partial charge in [0.15, 0.2) is 6.04 Å². The molecule has 1 aromatic rings. The molecule has 7 nitrogen and oxygen atoms in total. The van der Waals surface area contributed by atoms with E-state index in [2.05, 4.69) is 10.6 Å². The van der Waals surface area contributed by atoms with Crippen LogP contribution < -0.4 is 16.4 Å². The Hall–Kier alpha value is -2.12. The molecule has 134 valence electrons. The lowest BCUT2D eigenvalue weighted by Gasteiger charge is -2.18. The molecule has 0 aromatic heterocycles. The van der Waals surface area contributed by atoms with Crippen LogP contribution in [0, 0.1) is 5.92 Å². The first-order valence-electron chi connectivity index (χ1n) is 7.32. The number of methoxy groups -OCH3 is 1. The summed E-state index contributed by atoms with van der Waals surface area (Å²) in [6, 6.07) is 7.09. The molecular formula is C16H24ClN3O4. The SMILES string of the molecule is COC(=O)C(NC(=O)CNC(=O)[C@@H](N)C(C)C)c1ccccc1.Cl. The van der Waals surface area contributed by atoms with E-state index < -0.39 is 29.9 Å². The lowest BCUT2D eigenvalue weighted by molar-refractivity contribution is -0.145. The van der Waals surface area contributed by atoms with Gasteiger partial charge in [0.05, 0.1) is 19.7 Å². The minimum Gasteiger partial charge on any atom is -0.467 e. The monoisotopic (exact) mass is 357 g/mol. The number of halogens is 1. The molecule has 0 spiro atoms. The van der Waals surface area contributed by atoms with Gasteiger partial charge in [0.25, 0.3) is 0 Å². The maximum atomic E-state index is 12.0. The van der Waals surface area contributed by atoms with Crippen molar-refractivity contribution in [3.8, 4) is 0 Å². The van der Waals surface area contributed by atoms with Crippen molar-refractivity contribution in [1.82, 2.24) is 10.6 Å². The zero-order chi connectivity index (χ0) is 17.4. The van der Waals surface area contributed by atoms with E-state index in [1.54, 1.807) is 30.3 Å². The van der Waals surface area contributed by atoms with Crippen molar-refractivity contribution in [2.45, 2.75) is 25.9 Å². The molecule has 4 N–H and O–H groups in total. The van der Waals surface area contributed by atoms with Crippen LogP contribution in [0.2, 0.25) is 0 Å². The van der Waals surface area contributed by atoms with Crippen LogP contribution in [-0.4, -0.2) is 37.5 Å². The van der Waals surface area contributed by atoms with E-state index in [0.717, 1.165) is 0 Å². The molecule has 2 amide bonds. The number of amides is 2. The molecule has 1 aromatic carbocycles. The molecule has 0 bridgehead atoms. The highest BCUT2D eigenvalue weighted by Crippen LogP contribution is 2.13. The Morgan fingerprint density at radius 3 is 2.25 bits per heavy atom. The number of hydrogen-bond donors (Lipinski definition) is 3. The van der Waals surface area contributed by atoms with Crippen molar-refractivity contribution in [3.05, 3.63) is 35.9 Å². The Labute approximate surface area is 147 Å². The summed E-state index contributed by atoms with van der Waals surface area (Å²) in [4.78, 5) is 35.5. The normalized spacial score (nSPS) is 12.5. The quantitative estimate of drug-likeness (QED) is 0.617. The van der Waals surface area contributed by atoms with Gasteiger partial charge in [-0.2, -0.15) is 0 Å². The highest BCUT2D eigenvalue weighted by molar-refractivity contribution is 5.90. The fourth-order valence-electron chi connectivity index (χ4n) is 1.84. The van der Waals surface area contributed by atoms with Crippen molar-refractivity contribution in [2.24, 2.45) is 11.7 Å². The number of ether oxygens (including phenoxy) is 1. The molecule has 8 heteroatoms. The maximum absolute atomic E-state index is 12.0. The summed E-state index contributed by atoms with van der Waals surface area (Å²) in [6.07, 6.45) is 0. The molecule has 0 radical (unpaired) electrons. The second kappa shape index (κ2) is 10.6. The maximum Gasteiger partial charge on any atom is 0.333 e. The first-order chi connectivity index (χ1) is 10.9. The van der Waals surface area contributed by atoms with Crippen molar-refractivity contribution < 1.29 is 19.1 Å². The van der Waals surface area contributed by atoms with Gasteiger partial charge in [-0.15, -0.1) is 12.4 Å². The lowest BCUT2D eigenvalue weighted by Crippen LogP contribution is -2.48. The lowest BCUT2D eigenvalue weighted by atomic mass is 10.1. The third kappa shape index (κ3) is 6.55. The minimum atomic E-state index is -0.927. The molecule has 0 aliphatic rings. The van der Waals surface area contributed by atoms with Gasteiger partial charge in [-0.25, -0.2) is 4.79 Å². The van der Waals surface area contributed by atoms with Crippen LogP contribution in [0.25, 0.3) is 0 Å². The fourth-order valence-corrected chi connectivity index (χ4v) is 1.84. The number of nitrogens with one attached hydrogen (secondary N) is 2. The number of rotatable bonds is 7. The van der Waals surface area contributed by atoms with Gasteiger partial charge in [0, 0.05) is 0 Å². The van der Waals surface area contributed by atoms with Gasteiger partial charge in [0.2, 0.25) is 11.8 Å². The first kappa shape index (κ1) is 21.9. The van der Waals surface area contributed by atoms with Crippen molar-refractivity contribution in [2.75, 3.05) is 13.7 Å². The van der Waals surface area contributed by atoms with Gasteiger partial charge in [-0.05, 0) is 11.5 Å². The summed E-state index contributed by atoms with van der Waals surface area (Å²) >= 11 is 0. The number of benzene rings is 1. The fraction of sp³-hybridized carbons (Fsp3) is 0.438. The van der Waals surface area contributed by atoms with E-state index in [0.29, 0.717) is 5.56 Å². The third-order valence-electron chi connectivity index (χ3n) is 3.32. The first-order valence-corrected chi connectivity index (χ1v) is 7.32. The van der Waals surface area contributed by atoms with Gasteiger partial charge >= 0.3 is 5.97 Å². The van der Waals surface area contributed by atoms with Crippen LogP contribution in [0.5, 0.6) is 0 Å². The molecule has 24 heavy (non-hydrogen) atoms. The van der Waals surface area contributed by atoms with E-state index in [1.165, 1.54) is 7.11 Å². The van der Waals surface area contributed by atoms with Crippen molar-refractivity contribution in [1.29, 1.82) is 0 Å². The summed E-state index contributed by atoms with van der Waals surface area (Å²) < 4.78 is 4.70. The molecule has 0 saturated heterocycles. The molecule has 1 unspecified atom stereocenters. The molecule has 2 atom stereocenters. The van der Waals surface area contributed by atoms with E-state index in [4.69, 9.17) is 10.5 Å². The Morgan fingerprint density at radius 2 is 1.75 bits per heavy atom. The smallest absolute Gasteiger partial charge is 0.333 e. The van der Waals surface area contributed by atoms with Gasteiger partial charge in [0.1, 0.15) is 0 Å². The second-order valence-electron chi connectivity index (χ2n) is 5.42. The molecule has 0 aliphatic carbocycles. The summed E-state index contributed by atoms with van der Waals surface area (Å²) in [6.45, 7) is 3.36. The Kier molecular flexibility index (Phi) is 9.68. The van der Waals surface area contributed by atoms with E-state index in [9.17, 15) is 14.4 Å². The average molecular weight is 358 g/mol. The predicted octanol–water partition coefficient (Wildman–Crippen LogP) is 0.538. The van der Waals surface area contributed by atoms with E-state index >= 15 is 0 Å². The molecule has 1 rings (SSSR count). The van der Waals surface area contributed by atoms with Crippen molar-refractivity contribution in [3.63, 3.8) is 0 Å². The Balaban J connectivity index is 0.00000529. The number of nitrogens with two attached hydrogens (primary N) is 1. The molecular weight excluding hydrogens is 334 g/mol. The molecule has 0 saturated carbocycles. The average Bonchev–Trinajstić information content (AvgIpc) is 2.56. The zero-order valence-electron chi connectivity index (χ0n) is 13.9. The molecule has 0 aliphatic heterocycles. The summed E-state index contributed by atoms with van der Waals surface area (Å²) in [5.74, 6) is -1.54. The summed E-state index contributed by atoms with van der Waals surface area (Å²) in [7, 11) is 1.24.